The summed E-state index contributed by atoms with van der Waals surface area (Å²) in [7, 11) is -1.41. The van der Waals surface area contributed by atoms with Gasteiger partial charge in [-0.3, -0.25) is 5.32 Å². The normalized spacial score (nSPS) is 9.13. The first-order chi connectivity index (χ1) is 10.9. The number of aromatic nitrogens is 3. The molecule has 2 rings (SSSR count). The van der Waals surface area contributed by atoms with Gasteiger partial charge >= 0.3 is 22.5 Å². The first-order valence-corrected chi connectivity index (χ1v) is 7.73. The third-order valence-electron chi connectivity index (χ3n) is 1.98. The highest BCUT2D eigenvalue weighted by molar-refractivity contribution is 7.62. The number of carbonyl (C=O) groups excluding carboxylic acids is 2. The number of hydrogen-bond acceptors (Lipinski definition) is 9. The standard InChI is InChI=1S/C6H6O2S.C5H5N5O3S/c1-8-6(7)5-3-2-4-9-5;1-3-6-2-7-4(8-3)9-5(11)10-14(12)13/h2-4H,1H3;2H,1H3,(H,6,7,8,9,11). The fourth-order valence-electron chi connectivity index (χ4n) is 1.12. The molecular formula is C11H11N5O5S2. The van der Waals surface area contributed by atoms with Gasteiger partial charge in [0.15, 0.2) is 0 Å². The Morgan fingerprint density at radius 2 is 2.09 bits per heavy atom. The lowest BCUT2D eigenvalue weighted by molar-refractivity contribution is 0.0606. The highest BCUT2D eigenvalue weighted by Crippen LogP contribution is 2.08. The number of carbonyl (C=O) groups is 2. The highest BCUT2D eigenvalue weighted by atomic mass is 32.2. The van der Waals surface area contributed by atoms with Crippen molar-refractivity contribution in [3.63, 3.8) is 0 Å². The monoisotopic (exact) mass is 357 g/mol. The third kappa shape index (κ3) is 7.19. The number of rotatable bonds is 2. The quantitative estimate of drug-likeness (QED) is 0.793. The van der Waals surface area contributed by atoms with Gasteiger partial charge in [-0.2, -0.15) is 13.4 Å². The van der Waals surface area contributed by atoms with Gasteiger partial charge in [0.1, 0.15) is 17.0 Å². The van der Waals surface area contributed by atoms with Crippen molar-refractivity contribution in [1.29, 1.82) is 0 Å². The van der Waals surface area contributed by atoms with Gasteiger partial charge < -0.3 is 4.74 Å². The zero-order chi connectivity index (χ0) is 17.2. The van der Waals surface area contributed by atoms with Crippen molar-refractivity contribution in [2.24, 2.45) is 4.36 Å². The molecule has 10 nitrogen and oxygen atoms in total. The van der Waals surface area contributed by atoms with Gasteiger partial charge in [-0.15, -0.1) is 11.3 Å². The van der Waals surface area contributed by atoms with Gasteiger partial charge in [0.05, 0.1) is 7.11 Å². The van der Waals surface area contributed by atoms with Crippen LogP contribution in [0.5, 0.6) is 0 Å². The summed E-state index contributed by atoms with van der Waals surface area (Å²) < 4.78 is 27.1. The molecule has 23 heavy (non-hydrogen) atoms. The number of anilines is 1. The maximum Gasteiger partial charge on any atom is 0.362 e. The van der Waals surface area contributed by atoms with Gasteiger partial charge in [-0.1, -0.05) is 10.4 Å². The minimum absolute atomic E-state index is 0.0447. The van der Waals surface area contributed by atoms with Crippen LogP contribution in [0.25, 0.3) is 0 Å². The second kappa shape index (κ2) is 9.32. The second-order valence-electron chi connectivity index (χ2n) is 3.56. The first-order valence-electron chi connectivity index (χ1n) is 5.82. The summed E-state index contributed by atoms with van der Waals surface area (Å²) >= 11 is 1.38. The maximum atomic E-state index is 10.8. The summed E-state index contributed by atoms with van der Waals surface area (Å²) in [6.07, 6.45) is 1.19. The topological polar surface area (TPSA) is 141 Å². The molecule has 0 radical (unpaired) electrons. The van der Waals surface area contributed by atoms with Crippen molar-refractivity contribution >= 4 is 39.8 Å². The molecule has 0 saturated carbocycles. The van der Waals surface area contributed by atoms with Crippen LogP contribution in [0.2, 0.25) is 0 Å². The average Bonchev–Trinajstić information content (AvgIpc) is 3.00. The zero-order valence-corrected chi connectivity index (χ0v) is 13.6. The number of amides is 2. The first kappa shape index (κ1) is 18.3. The zero-order valence-electron chi connectivity index (χ0n) is 12.0. The Morgan fingerprint density at radius 1 is 1.35 bits per heavy atom. The largest absolute Gasteiger partial charge is 0.465 e. The van der Waals surface area contributed by atoms with Crippen LogP contribution in [0.4, 0.5) is 10.7 Å². The number of methoxy groups -OCH3 is 1. The minimum Gasteiger partial charge on any atom is -0.465 e. The maximum absolute atomic E-state index is 10.8. The summed E-state index contributed by atoms with van der Waals surface area (Å²) in [4.78, 5) is 33.0. The Morgan fingerprint density at radius 3 is 2.61 bits per heavy atom. The van der Waals surface area contributed by atoms with Crippen molar-refractivity contribution in [1.82, 2.24) is 15.0 Å². The number of thiophene rings is 1. The molecule has 0 unspecified atom stereocenters. The molecule has 1 N–H and O–H groups in total. The number of esters is 1. The van der Waals surface area contributed by atoms with Crippen LogP contribution in [0.3, 0.4) is 0 Å². The number of nitrogens with zero attached hydrogens (tertiary/aromatic N) is 4. The van der Waals surface area contributed by atoms with Crippen LogP contribution >= 0.6 is 11.3 Å². The molecule has 2 heterocycles. The molecule has 0 aliphatic carbocycles. The van der Waals surface area contributed by atoms with E-state index in [1.54, 1.807) is 13.0 Å². The predicted molar refractivity (Wildman–Crippen MR) is 80.6 cm³/mol. The fourth-order valence-corrected chi connectivity index (χ4v) is 1.94. The van der Waals surface area contributed by atoms with Crippen molar-refractivity contribution < 1.29 is 22.7 Å². The van der Waals surface area contributed by atoms with Crippen LogP contribution in [-0.2, 0) is 15.2 Å². The van der Waals surface area contributed by atoms with Crippen molar-refractivity contribution in [2.45, 2.75) is 6.92 Å². The third-order valence-corrected chi connectivity index (χ3v) is 3.14. The Balaban J connectivity index is 0.000000253. The van der Waals surface area contributed by atoms with E-state index >= 15 is 0 Å². The van der Waals surface area contributed by atoms with Gasteiger partial charge in [0.25, 0.3) is 0 Å². The fraction of sp³-hybridized carbons (Fsp3) is 0.182. The van der Waals surface area contributed by atoms with E-state index in [0.29, 0.717) is 10.7 Å². The van der Waals surface area contributed by atoms with Gasteiger partial charge in [0.2, 0.25) is 5.95 Å². The van der Waals surface area contributed by atoms with E-state index in [9.17, 15) is 18.0 Å². The molecule has 122 valence electrons. The minimum atomic E-state index is -2.78. The number of nitrogens with one attached hydrogen (secondary N) is 1. The summed E-state index contributed by atoms with van der Waals surface area (Å²) in [6.45, 7) is 1.60. The highest BCUT2D eigenvalue weighted by Gasteiger charge is 2.03. The van der Waals surface area contributed by atoms with E-state index in [2.05, 4.69) is 29.4 Å². The SMILES string of the molecule is COC(=O)c1cccs1.Cc1ncnc(NC(=O)N=S(=O)=O)n1. The van der Waals surface area contributed by atoms with E-state index in [-0.39, 0.29) is 11.9 Å². The van der Waals surface area contributed by atoms with E-state index in [1.165, 1.54) is 24.8 Å². The number of aryl methyl sites for hydroxylation is 1. The molecule has 12 heteroatoms. The van der Waals surface area contributed by atoms with Crippen molar-refractivity contribution in [2.75, 3.05) is 12.4 Å². The second-order valence-corrected chi connectivity index (χ2v) is 5.13. The Kier molecular flexibility index (Phi) is 7.42. The number of urea groups is 1. The van der Waals surface area contributed by atoms with Crippen LogP contribution < -0.4 is 5.32 Å². The van der Waals surface area contributed by atoms with Crippen molar-refractivity contribution in [3.05, 3.63) is 34.5 Å². The summed E-state index contributed by atoms with van der Waals surface area (Å²) in [6, 6.07) is 2.50. The Hall–Kier alpha value is -2.73. The molecule has 2 aromatic rings. The van der Waals surface area contributed by atoms with Crippen LogP contribution in [-0.4, -0.2) is 42.5 Å². The molecule has 0 aliphatic rings. The molecule has 0 saturated heterocycles. The van der Waals surface area contributed by atoms with E-state index in [4.69, 9.17) is 0 Å². The van der Waals surface area contributed by atoms with Crippen LogP contribution in [0.15, 0.2) is 28.2 Å². The molecule has 0 bridgehead atoms. The van der Waals surface area contributed by atoms with Crippen LogP contribution in [0.1, 0.15) is 15.5 Å². The summed E-state index contributed by atoms with van der Waals surface area (Å²) in [5, 5.41) is 3.89. The molecule has 0 fully saturated rings. The van der Waals surface area contributed by atoms with Crippen molar-refractivity contribution in [3.8, 4) is 0 Å². The lowest BCUT2D eigenvalue weighted by atomic mass is 10.5. The Bertz CT molecular complexity index is 796. The molecule has 0 aromatic carbocycles. The van der Waals surface area contributed by atoms with Crippen LogP contribution in [0, 0.1) is 6.92 Å². The van der Waals surface area contributed by atoms with Gasteiger partial charge in [-0.25, -0.2) is 19.6 Å². The molecule has 2 amide bonds. The van der Waals surface area contributed by atoms with Gasteiger partial charge in [-0.05, 0) is 18.4 Å². The molecular weight excluding hydrogens is 346 g/mol. The molecule has 0 spiro atoms. The molecule has 0 aliphatic heterocycles. The number of ether oxygens (including phenoxy) is 1. The molecule has 2 aromatic heterocycles. The smallest absolute Gasteiger partial charge is 0.362 e. The summed E-state index contributed by atoms with van der Waals surface area (Å²) in [5.74, 6) is 0.0974. The molecule has 0 atom stereocenters. The lowest BCUT2D eigenvalue weighted by Crippen LogP contribution is -2.10. The summed E-state index contributed by atoms with van der Waals surface area (Å²) in [5.41, 5.74) is 0. The lowest BCUT2D eigenvalue weighted by Gasteiger charge is -1.97. The van der Waals surface area contributed by atoms with Gasteiger partial charge in [0, 0.05) is 0 Å². The van der Waals surface area contributed by atoms with E-state index < -0.39 is 16.5 Å². The number of hydrogen-bond donors (Lipinski definition) is 1. The Labute approximate surface area is 136 Å². The predicted octanol–water partition coefficient (Wildman–Crippen LogP) is 1.31. The average molecular weight is 357 g/mol. The van der Waals surface area contributed by atoms with E-state index in [1.807, 2.05) is 11.4 Å². The van der Waals surface area contributed by atoms with E-state index in [0.717, 1.165) is 0 Å².